The molecule has 1 fully saturated rings. The zero-order valence-electron chi connectivity index (χ0n) is 12.8. The summed E-state index contributed by atoms with van der Waals surface area (Å²) < 4.78 is 6.61. The van der Waals surface area contributed by atoms with Gasteiger partial charge in [0.25, 0.3) is 0 Å². The van der Waals surface area contributed by atoms with Gasteiger partial charge in [0.2, 0.25) is 0 Å². The summed E-state index contributed by atoms with van der Waals surface area (Å²) in [6, 6.07) is 4.26. The standard InChI is InChI=1S/C16H23N3O2S/c20-7-4-19(3-2-18-5-8-21-9-6-18)13-14-11-16-15(17-12-14)1-10-22-16/h1,10-12,20H,2-9,13H2. The van der Waals surface area contributed by atoms with Crippen molar-refractivity contribution < 1.29 is 9.84 Å². The van der Waals surface area contributed by atoms with E-state index in [-0.39, 0.29) is 6.61 Å². The lowest BCUT2D eigenvalue weighted by molar-refractivity contribution is 0.0320. The van der Waals surface area contributed by atoms with Crippen molar-refractivity contribution in [1.29, 1.82) is 0 Å². The Kier molecular flexibility index (Phi) is 5.75. The van der Waals surface area contributed by atoms with Crippen molar-refractivity contribution in [3.05, 3.63) is 29.3 Å². The second kappa shape index (κ2) is 7.99. The van der Waals surface area contributed by atoms with E-state index in [1.54, 1.807) is 11.3 Å². The number of aliphatic hydroxyl groups is 1. The molecule has 0 amide bonds. The fraction of sp³-hybridized carbons (Fsp3) is 0.562. The summed E-state index contributed by atoms with van der Waals surface area (Å²) >= 11 is 1.73. The van der Waals surface area contributed by atoms with E-state index in [0.29, 0.717) is 6.54 Å². The monoisotopic (exact) mass is 321 g/mol. The van der Waals surface area contributed by atoms with Gasteiger partial charge in [-0.2, -0.15) is 0 Å². The molecule has 120 valence electrons. The van der Waals surface area contributed by atoms with E-state index in [9.17, 15) is 5.11 Å². The van der Waals surface area contributed by atoms with Crippen molar-refractivity contribution in [3.63, 3.8) is 0 Å². The van der Waals surface area contributed by atoms with E-state index in [1.165, 1.54) is 10.3 Å². The average Bonchev–Trinajstić information content (AvgIpc) is 3.01. The van der Waals surface area contributed by atoms with Crippen LogP contribution in [0.1, 0.15) is 5.56 Å². The minimum Gasteiger partial charge on any atom is -0.395 e. The zero-order valence-corrected chi connectivity index (χ0v) is 13.6. The highest BCUT2D eigenvalue weighted by Gasteiger charge is 2.13. The fourth-order valence-corrected chi connectivity index (χ4v) is 3.56. The van der Waals surface area contributed by atoms with Crippen LogP contribution in [0.5, 0.6) is 0 Å². The Hall–Kier alpha value is -1.05. The molecule has 1 N–H and O–H groups in total. The first-order valence-electron chi connectivity index (χ1n) is 7.80. The maximum atomic E-state index is 9.30. The molecule has 0 atom stereocenters. The highest BCUT2D eigenvalue weighted by Crippen LogP contribution is 2.20. The van der Waals surface area contributed by atoms with E-state index >= 15 is 0 Å². The molecule has 6 heteroatoms. The summed E-state index contributed by atoms with van der Waals surface area (Å²) in [4.78, 5) is 9.22. The van der Waals surface area contributed by atoms with Crippen LogP contribution in [-0.2, 0) is 11.3 Å². The Balaban J connectivity index is 1.57. The van der Waals surface area contributed by atoms with Crippen molar-refractivity contribution in [1.82, 2.24) is 14.8 Å². The van der Waals surface area contributed by atoms with Gasteiger partial charge in [0, 0.05) is 45.5 Å². The van der Waals surface area contributed by atoms with Gasteiger partial charge in [-0.15, -0.1) is 11.3 Å². The van der Waals surface area contributed by atoms with Crippen molar-refractivity contribution >= 4 is 21.6 Å². The Morgan fingerprint density at radius 1 is 1.32 bits per heavy atom. The molecule has 0 radical (unpaired) electrons. The summed E-state index contributed by atoms with van der Waals surface area (Å²) in [5.41, 5.74) is 2.28. The van der Waals surface area contributed by atoms with Crippen LogP contribution >= 0.6 is 11.3 Å². The third-order valence-electron chi connectivity index (χ3n) is 4.02. The molecule has 0 unspecified atom stereocenters. The molecular weight excluding hydrogens is 298 g/mol. The van der Waals surface area contributed by atoms with Gasteiger partial charge < -0.3 is 9.84 Å². The molecule has 0 spiro atoms. The first-order valence-corrected chi connectivity index (χ1v) is 8.68. The van der Waals surface area contributed by atoms with Gasteiger partial charge in [0.05, 0.1) is 30.0 Å². The quantitative estimate of drug-likeness (QED) is 0.836. The summed E-state index contributed by atoms with van der Waals surface area (Å²) in [6.45, 7) is 7.40. The van der Waals surface area contributed by atoms with Crippen molar-refractivity contribution in [2.75, 3.05) is 52.5 Å². The van der Waals surface area contributed by atoms with Gasteiger partial charge in [0.15, 0.2) is 0 Å². The molecule has 0 bridgehead atoms. The number of morpholine rings is 1. The Morgan fingerprint density at radius 2 is 2.18 bits per heavy atom. The highest BCUT2D eigenvalue weighted by molar-refractivity contribution is 7.17. The fourth-order valence-electron chi connectivity index (χ4n) is 2.75. The van der Waals surface area contributed by atoms with Crippen LogP contribution in [0.25, 0.3) is 10.2 Å². The normalized spacial score (nSPS) is 16.6. The first-order chi connectivity index (χ1) is 10.8. The molecule has 2 aromatic heterocycles. The van der Waals surface area contributed by atoms with Gasteiger partial charge in [0.1, 0.15) is 0 Å². The number of aromatic nitrogens is 1. The minimum atomic E-state index is 0.192. The average molecular weight is 321 g/mol. The van der Waals surface area contributed by atoms with E-state index < -0.39 is 0 Å². The number of aliphatic hydroxyl groups excluding tert-OH is 1. The number of pyridine rings is 1. The molecule has 1 aliphatic rings. The number of fused-ring (bicyclic) bond motifs is 1. The maximum absolute atomic E-state index is 9.30. The second-order valence-corrected chi connectivity index (χ2v) is 6.55. The lowest BCUT2D eigenvalue weighted by Gasteiger charge is -2.29. The van der Waals surface area contributed by atoms with Crippen molar-refractivity contribution in [2.45, 2.75) is 6.54 Å². The number of hydrogen-bond acceptors (Lipinski definition) is 6. The molecule has 2 aromatic rings. The van der Waals surface area contributed by atoms with Crippen molar-refractivity contribution in [3.8, 4) is 0 Å². The van der Waals surface area contributed by atoms with Crippen molar-refractivity contribution in [2.24, 2.45) is 0 Å². The predicted molar refractivity (Wildman–Crippen MR) is 89.2 cm³/mol. The molecule has 0 aromatic carbocycles. The van der Waals surface area contributed by atoms with Gasteiger partial charge in [-0.1, -0.05) is 0 Å². The molecule has 0 aliphatic carbocycles. The van der Waals surface area contributed by atoms with Gasteiger partial charge >= 0.3 is 0 Å². The first kappa shape index (κ1) is 15.8. The molecule has 5 nitrogen and oxygen atoms in total. The number of ether oxygens (including phenoxy) is 1. The van der Waals surface area contributed by atoms with E-state index in [2.05, 4.69) is 26.2 Å². The topological polar surface area (TPSA) is 48.8 Å². The molecule has 1 aliphatic heterocycles. The van der Waals surface area contributed by atoms with Crippen LogP contribution in [0.4, 0.5) is 0 Å². The highest BCUT2D eigenvalue weighted by atomic mass is 32.1. The van der Waals surface area contributed by atoms with Gasteiger partial charge in [-0.25, -0.2) is 0 Å². The minimum absolute atomic E-state index is 0.192. The Morgan fingerprint density at radius 3 is 3.00 bits per heavy atom. The lowest BCUT2D eigenvalue weighted by atomic mass is 10.2. The third kappa shape index (κ3) is 4.24. The van der Waals surface area contributed by atoms with Crippen LogP contribution in [0.15, 0.2) is 23.7 Å². The van der Waals surface area contributed by atoms with Crippen LogP contribution in [0, 0.1) is 0 Å². The smallest absolute Gasteiger partial charge is 0.0809 e. The van der Waals surface area contributed by atoms with Crippen LogP contribution < -0.4 is 0 Å². The van der Waals surface area contributed by atoms with Gasteiger partial charge in [-0.3, -0.25) is 14.8 Å². The zero-order chi connectivity index (χ0) is 15.2. The maximum Gasteiger partial charge on any atom is 0.0809 e. The Bertz CT molecular complexity index is 584. The van der Waals surface area contributed by atoms with E-state index in [4.69, 9.17) is 4.74 Å². The van der Waals surface area contributed by atoms with Crippen LogP contribution in [0.2, 0.25) is 0 Å². The molecule has 3 heterocycles. The molecule has 1 saturated heterocycles. The number of thiophene rings is 1. The molecule has 3 rings (SSSR count). The van der Waals surface area contributed by atoms with Crippen LogP contribution in [-0.4, -0.2) is 72.4 Å². The summed E-state index contributed by atoms with van der Waals surface area (Å²) in [5, 5.41) is 11.4. The number of rotatable bonds is 7. The third-order valence-corrected chi connectivity index (χ3v) is 4.87. The molecule has 0 saturated carbocycles. The SMILES string of the molecule is OCCN(CCN1CCOCC1)Cc1cnc2ccsc2c1. The second-order valence-electron chi connectivity index (χ2n) is 5.60. The van der Waals surface area contributed by atoms with E-state index in [1.807, 2.05) is 12.3 Å². The van der Waals surface area contributed by atoms with Gasteiger partial charge in [-0.05, 0) is 23.1 Å². The van der Waals surface area contributed by atoms with Crippen LogP contribution in [0.3, 0.4) is 0 Å². The lowest BCUT2D eigenvalue weighted by Crippen LogP contribution is -2.41. The molecular formula is C16H23N3O2S. The molecule has 22 heavy (non-hydrogen) atoms. The van der Waals surface area contributed by atoms with E-state index in [0.717, 1.165) is 51.5 Å². The largest absolute Gasteiger partial charge is 0.395 e. The summed E-state index contributed by atoms with van der Waals surface area (Å²) in [7, 11) is 0. The Labute approximate surface area is 135 Å². The summed E-state index contributed by atoms with van der Waals surface area (Å²) in [5.74, 6) is 0. The summed E-state index contributed by atoms with van der Waals surface area (Å²) in [6.07, 6.45) is 1.95. The number of nitrogens with zero attached hydrogens (tertiary/aromatic N) is 3. The number of hydrogen-bond donors (Lipinski definition) is 1. The predicted octanol–water partition coefficient (Wildman–Crippen LogP) is 1.42.